The predicted octanol–water partition coefficient (Wildman–Crippen LogP) is 1.15. The van der Waals surface area contributed by atoms with Crippen LogP contribution in [0.4, 0.5) is 5.69 Å². The third-order valence-corrected chi connectivity index (χ3v) is 4.16. The van der Waals surface area contributed by atoms with Crippen LogP contribution in [0.1, 0.15) is 13.8 Å². The Morgan fingerprint density at radius 2 is 2.00 bits per heavy atom. The number of para-hydroxylation sites is 1. The van der Waals surface area contributed by atoms with Crippen molar-refractivity contribution < 1.29 is 19.4 Å². The standard InChI is InChI=1S/C14H20N2O4S/c1-3-15(4-2)9-10-20-14(17)11-21-13-8-6-5-7-12(13)16(18)19/h5-8H,3-4,9-11H2,1-2H3/p+1. The third-order valence-electron chi connectivity index (χ3n) is 3.13. The summed E-state index contributed by atoms with van der Waals surface area (Å²) in [5.41, 5.74) is 0.0166. The zero-order valence-corrected chi connectivity index (χ0v) is 13.1. The summed E-state index contributed by atoms with van der Waals surface area (Å²) in [7, 11) is 0. The van der Waals surface area contributed by atoms with Gasteiger partial charge < -0.3 is 9.64 Å². The molecule has 7 heteroatoms. The monoisotopic (exact) mass is 313 g/mol. The summed E-state index contributed by atoms with van der Waals surface area (Å²) in [6, 6.07) is 6.38. The van der Waals surface area contributed by atoms with Crippen LogP contribution in [0.15, 0.2) is 29.2 Å². The van der Waals surface area contributed by atoms with Gasteiger partial charge in [0, 0.05) is 6.07 Å². The van der Waals surface area contributed by atoms with Crippen LogP contribution in [0.3, 0.4) is 0 Å². The third kappa shape index (κ3) is 6.14. The van der Waals surface area contributed by atoms with Crippen molar-refractivity contribution in [1.82, 2.24) is 0 Å². The van der Waals surface area contributed by atoms with Crippen molar-refractivity contribution in [3.63, 3.8) is 0 Å². The Balaban J connectivity index is 2.38. The quantitative estimate of drug-likeness (QED) is 0.320. The number of quaternary nitrogens is 1. The van der Waals surface area contributed by atoms with Gasteiger partial charge >= 0.3 is 5.97 Å². The number of carbonyl (C=O) groups is 1. The van der Waals surface area contributed by atoms with E-state index in [0.29, 0.717) is 11.5 Å². The minimum atomic E-state index is -0.447. The number of benzene rings is 1. The maximum Gasteiger partial charge on any atom is 0.316 e. The molecule has 0 bridgehead atoms. The van der Waals surface area contributed by atoms with Crippen molar-refractivity contribution in [3.05, 3.63) is 34.4 Å². The van der Waals surface area contributed by atoms with Crippen molar-refractivity contribution in [3.8, 4) is 0 Å². The topological polar surface area (TPSA) is 73.9 Å². The molecule has 0 aliphatic heterocycles. The van der Waals surface area contributed by atoms with Crippen molar-refractivity contribution in [1.29, 1.82) is 0 Å². The smallest absolute Gasteiger partial charge is 0.316 e. The van der Waals surface area contributed by atoms with E-state index in [9.17, 15) is 14.9 Å². The molecule has 0 spiro atoms. The Hall–Kier alpha value is -1.60. The van der Waals surface area contributed by atoms with Crippen LogP contribution in [0.5, 0.6) is 0 Å². The van der Waals surface area contributed by atoms with Crippen LogP contribution >= 0.6 is 11.8 Å². The Morgan fingerprint density at radius 1 is 1.33 bits per heavy atom. The molecule has 0 aliphatic carbocycles. The Bertz CT molecular complexity index is 478. The lowest BCUT2D eigenvalue weighted by Crippen LogP contribution is -3.11. The number of ether oxygens (including phenoxy) is 1. The average molecular weight is 313 g/mol. The fraction of sp³-hybridized carbons (Fsp3) is 0.500. The van der Waals surface area contributed by atoms with E-state index in [2.05, 4.69) is 13.8 Å². The maximum atomic E-state index is 11.6. The van der Waals surface area contributed by atoms with Crippen LogP contribution < -0.4 is 4.90 Å². The van der Waals surface area contributed by atoms with Crippen molar-refractivity contribution >= 4 is 23.4 Å². The highest BCUT2D eigenvalue weighted by Crippen LogP contribution is 2.28. The summed E-state index contributed by atoms with van der Waals surface area (Å²) in [5.74, 6) is -0.261. The molecule has 0 unspecified atom stereocenters. The first-order chi connectivity index (χ1) is 10.1. The van der Waals surface area contributed by atoms with Gasteiger partial charge in [-0.25, -0.2) is 0 Å². The number of nitro groups is 1. The number of rotatable bonds is 9. The second-order valence-electron chi connectivity index (χ2n) is 4.44. The van der Waals surface area contributed by atoms with E-state index in [0.717, 1.165) is 31.4 Å². The molecule has 0 saturated carbocycles. The van der Waals surface area contributed by atoms with E-state index in [4.69, 9.17) is 4.74 Å². The number of nitrogens with zero attached hydrogens (tertiary/aromatic N) is 1. The summed E-state index contributed by atoms with van der Waals surface area (Å²) in [6.45, 7) is 7.34. The Morgan fingerprint density at radius 3 is 2.62 bits per heavy atom. The number of nitro benzene ring substituents is 1. The van der Waals surface area contributed by atoms with Gasteiger partial charge in [0.2, 0.25) is 0 Å². The summed E-state index contributed by atoms with van der Waals surface area (Å²) >= 11 is 1.13. The molecule has 0 aromatic heterocycles. The van der Waals surface area contributed by atoms with Gasteiger partial charge in [0.25, 0.3) is 5.69 Å². The highest BCUT2D eigenvalue weighted by Gasteiger charge is 2.15. The lowest BCUT2D eigenvalue weighted by atomic mass is 10.3. The molecule has 6 nitrogen and oxygen atoms in total. The number of nitrogens with one attached hydrogen (secondary N) is 1. The van der Waals surface area contributed by atoms with Gasteiger partial charge in [-0.05, 0) is 19.9 Å². The highest BCUT2D eigenvalue weighted by atomic mass is 32.2. The predicted molar refractivity (Wildman–Crippen MR) is 81.7 cm³/mol. The van der Waals surface area contributed by atoms with Crippen LogP contribution in [0.25, 0.3) is 0 Å². The fourth-order valence-corrected chi connectivity index (χ4v) is 2.64. The second kappa shape index (κ2) is 9.36. The van der Waals surface area contributed by atoms with E-state index in [-0.39, 0.29) is 17.4 Å². The van der Waals surface area contributed by atoms with Gasteiger partial charge in [0.15, 0.2) is 0 Å². The van der Waals surface area contributed by atoms with E-state index >= 15 is 0 Å². The minimum absolute atomic E-state index is 0.0166. The van der Waals surface area contributed by atoms with Gasteiger partial charge in [-0.15, -0.1) is 11.8 Å². The van der Waals surface area contributed by atoms with Crippen molar-refractivity contribution in [2.45, 2.75) is 18.7 Å². The van der Waals surface area contributed by atoms with Crippen LogP contribution in [0.2, 0.25) is 0 Å². The van der Waals surface area contributed by atoms with E-state index in [1.807, 2.05) is 0 Å². The van der Waals surface area contributed by atoms with E-state index < -0.39 is 4.92 Å². The molecule has 1 rings (SSSR count). The molecule has 0 amide bonds. The lowest BCUT2D eigenvalue weighted by Gasteiger charge is -2.14. The molecular weight excluding hydrogens is 292 g/mol. The molecule has 0 fully saturated rings. The number of hydrogen-bond acceptors (Lipinski definition) is 5. The number of hydrogen-bond donors (Lipinski definition) is 1. The van der Waals surface area contributed by atoms with Gasteiger partial charge in [-0.2, -0.15) is 0 Å². The lowest BCUT2D eigenvalue weighted by molar-refractivity contribution is -0.896. The molecule has 0 radical (unpaired) electrons. The molecule has 0 heterocycles. The first-order valence-corrected chi connectivity index (χ1v) is 7.92. The minimum Gasteiger partial charge on any atom is -0.459 e. The zero-order valence-electron chi connectivity index (χ0n) is 12.3. The van der Waals surface area contributed by atoms with E-state index in [1.165, 1.54) is 11.0 Å². The Kier molecular flexibility index (Phi) is 7.78. The van der Waals surface area contributed by atoms with Crippen LogP contribution in [-0.4, -0.2) is 42.9 Å². The second-order valence-corrected chi connectivity index (χ2v) is 5.46. The summed E-state index contributed by atoms with van der Waals surface area (Å²) < 4.78 is 5.15. The number of likely N-dealkylation sites (N-methyl/N-ethyl adjacent to an activating group) is 1. The molecule has 116 valence electrons. The normalized spacial score (nSPS) is 10.6. The van der Waals surface area contributed by atoms with Gasteiger partial charge in [0.05, 0.1) is 28.7 Å². The molecule has 1 aromatic carbocycles. The summed E-state index contributed by atoms with van der Waals surface area (Å²) in [6.07, 6.45) is 0. The number of esters is 1. The van der Waals surface area contributed by atoms with Crippen LogP contribution in [-0.2, 0) is 9.53 Å². The summed E-state index contributed by atoms with van der Waals surface area (Å²) in [4.78, 5) is 23.9. The average Bonchev–Trinajstić information content (AvgIpc) is 2.49. The number of carbonyl (C=O) groups excluding carboxylic acids is 1. The fourth-order valence-electron chi connectivity index (χ4n) is 1.82. The molecule has 0 saturated heterocycles. The molecule has 1 aromatic rings. The van der Waals surface area contributed by atoms with Gasteiger partial charge in [0.1, 0.15) is 13.2 Å². The SMILES string of the molecule is CC[NH+](CC)CCOC(=O)CSc1ccccc1[N+](=O)[O-]. The largest absolute Gasteiger partial charge is 0.459 e. The highest BCUT2D eigenvalue weighted by molar-refractivity contribution is 8.00. The molecule has 1 N–H and O–H groups in total. The molecule has 0 atom stereocenters. The maximum absolute atomic E-state index is 11.6. The molecule has 0 aliphatic rings. The first kappa shape index (κ1) is 17.5. The van der Waals surface area contributed by atoms with Crippen molar-refractivity contribution in [2.75, 3.05) is 32.0 Å². The van der Waals surface area contributed by atoms with Gasteiger partial charge in [-0.3, -0.25) is 14.9 Å². The zero-order chi connectivity index (χ0) is 15.7. The van der Waals surface area contributed by atoms with Crippen LogP contribution in [0, 0.1) is 10.1 Å². The molecule has 21 heavy (non-hydrogen) atoms. The Labute approximate surface area is 128 Å². The summed E-state index contributed by atoms with van der Waals surface area (Å²) in [5, 5.41) is 10.9. The van der Waals surface area contributed by atoms with Gasteiger partial charge in [-0.1, -0.05) is 12.1 Å². The van der Waals surface area contributed by atoms with E-state index in [1.54, 1.807) is 18.2 Å². The van der Waals surface area contributed by atoms with Crippen molar-refractivity contribution in [2.24, 2.45) is 0 Å². The number of thioether (sulfide) groups is 1. The first-order valence-electron chi connectivity index (χ1n) is 6.93. The molecular formula is C14H21N2O4S+.